The average molecular weight is 471 g/mol. The van der Waals surface area contributed by atoms with Crippen LogP contribution in [0.25, 0.3) is 22.6 Å². The van der Waals surface area contributed by atoms with Crippen molar-refractivity contribution in [3.05, 3.63) is 78.5 Å². The lowest BCUT2D eigenvalue weighted by Crippen LogP contribution is -2.19. The molecule has 0 aliphatic carbocycles. The van der Waals surface area contributed by atoms with Gasteiger partial charge in [-0.2, -0.15) is 0 Å². The van der Waals surface area contributed by atoms with Crippen LogP contribution in [0.5, 0.6) is 5.75 Å². The number of nitrogens with one attached hydrogen (secondary N) is 1. The van der Waals surface area contributed by atoms with Crippen LogP contribution in [0.3, 0.4) is 0 Å². The summed E-state index contributed by atoms with van der Waals surface area (Å²) in [6, 6.07) is 14.0. The zero-order chi connectivity index (χ0) is 24.6. The predicted octanol–water partition coefficient (Wildman–Crippen LogP) is 3.34. The van der Waals surface area contributed by atoms with E-state index >= 15 is 0 Å². The van der Waals surface area contributed by atoms with Crippen LogP contribution in [-0.2, 0) is 6.54 Å². The summed E-state index contributed by atoms with van der Waals surface area (Å²) in [5.41, 5.74) is 11.2. The van der Waals surface area contributed by atoms with Crippen molar-refractivity contribution >= 4 is 23.3 Å². The van der Waals surface area contributed by atoms with Crippen molar-refractivity contribution in [1.29, 1.82) is 0 Å². The van der Waals surface area contributed by atoms with E-state index in [-0.39, 0.29) is 0 Å². The number of nitrogens with two attached hydrogens (primary N) is 1. The van der Waals surface area contributed by atoms with Crippen molar-refractivity contribution in [1.82, 2.24) is 24.3 Å². The number of rotatable bonds is 10. The Morgan fingerprint density at radius 2 is 1.97 bits per heavy atom. The third-order valence-corrected chi connectivity index (χ3v) is 5.43. The molecule has 9 heteroatoms. The molecular weight excluding hydrogens is 440 g/mol. The Kier molecular flexibility index (Phi) is 7.69. The van der Waals surface area contributed by atoms with Crippen LogP contribution in [0, 0.1) is 0 Å². The highest BCUT2D eigenvalue weighted by Gasteiger charge is 2.10. The van der Waals surface area contributed by atoms with Crippen molar-refractivity contribution in [2.24, 2.45) is 10.7 Å². The van der Waals surface area contributed by atoms with Gasteiger partial charge in [0.2, 0.25) is 0 Å². The SMILES string of the molecule is CN=CC(=CN)c1ccc(CNc2cc(-c3cnc4cc(OCCN(C)C)ccn34)ncn2)cc1. The van der Waals surface area contributed by atoms with Gasteiger partial charge in [0.25, 0.3) is 0 Å². The Morgan fingerprint density at radius 3 is 2.71 bits per heavy atom. The smallest absolute Gasteiger partial charge is 0.140 e. The molecule has 3 aromatic heterocycles. The zero-order valence-corrected chi connectivity index (χ0v) is 20.2. The van der Waals surface area contributed by atoms with E-state index in [9.17, 15) is 0 Å². The van der Waals surface area contributed by atoms with Gasteiger partial charge in [-0.15, -0.1) is 0 Å². The normalized spacial score (nSPS) is 12.1. The molecule has 0 amide bonds. The van der Waals surface area contributed by atoms with Crippen LogP contribution < -0.4 is 15.8 Å². The Hall–Kier alpha value is -4.24. The lowest BCUT2D eigenvalue weighted by molar-refractivity contribution is 0.261. The molecule has 0 radical (unpaired) electrons. The van der Waals surface area contributed by atoms with Gasteiger partial charge in [-0.3, -0.25) is 9.39 Å². The first kappa shape index (κ1) is 23.9. The summed E-state index contributed by atoms with van der Waals surface area (Å²) < 4.78 is 7.82. The molecule has 0 atom stereocenters. The topological polar surface area (TPSA) is 106 Å². The largest absolute Gasteiger partial charge is 0.492 e. The fourth-order valence-corrected chi connectivity index (χ4v) is 3.54. The van der Waals surface area contributed by atoms with Gasteiger partial charge >= 0.3 is 0 Å². The number of fused-ring (bicyclic) bond motifs is 1. The molecule has 180 valence electrons. The lowest BCUT2D eigenvalue weighted by atomic mass is 10.1. The second-order valence-electron chi connectivity index (χ2n) is 8.23. The summed E-state index contributed by atoms with van der Waals surface area (Å²) in [4.78, 5) is 19.5. The summed E-state index contributed by atoms with van der Waals surface area (Å²) in [7, 11) is 5.77. The van der Waals surface area contributed by atoms with E-state index in [4.69, 9.17) is 10.5 Å². The second kappa shape index (κ2) is 11.3. The minimum absolute atomic E-state index is 0.623. The van der Waals surface area contributed by atoms with Crippen LogP contribution >= 0.6 is 0 Å². The number of allylic oxidation sites excluding steroid dienone is 1. The number of aromatic nitrogens is 4. The first-order valence-electron chi connectivity index (χ1n) is 11.3. The van der Waals surface area contributed by atoms with Crippen LogP contribution in [0.2, 0.25) is 0 Å². The van der Waals surface area contributed by atoms with Crippen LogP contribution in [0.15, 0.2) is 72.4 Å². The quantitative estimate of drug-likeness (QED) is 0.342. The van der Waals surface area contributed by atoms with E-state index in [1.807, 2.05) is 61.2 Å². The number of imidazole rings is 1. The van der Waals surface area contributed by atoms with Gasteiger partial charge in [-0.1, -0.05) is 24.3 Å². The fraction of sp³-hybridized carbons (Fsp3) is 0.231. The van der Waals surface area contributed by atoms with Gasteiger partial charge in [0.05, 0.1) is 17.6 Å². The van der Waals surface area contributed by atoms with Crippen molar-refractivity contribution in [2.45, 2.75) is 6.54 Å². The standard InChI is InChI=1S/C26H30N8O/c1-28-16-21(14-27)20-6-4-19(5-7-20)15-29-25-13-23(31-18-32-25)24-17-30-26-12-22(8-9-34(24)26)35-11-10-33(2)3/h4-9,12-14,16-18H,10-11,15,27H2,1-3H3,(H,29,31,32). The Bertz CT molecular complexity index is 1320. The highest BCUT2D eigenvalue weighted by molar-refractivity contribution is 6.09. The molecule has 0 saturated carbocycles. The Morgan fingerprint density at radius 1 is 1.14 bits per heavy atom. The van der Waals surface area contributed by atoms with Crippen molar-refractivity contribution in [2.75, 3.05) is 39.6 Å². The minimum Gasteiger partial charge on any atom is -0.492 e. The number of anilines is 1. The zero-order valence-electron chi connectivity index (χ0n) is 20.2. The van der Waals surface area contributed by atoms with Gasteiger partial charge in [0.15, 0.2) is 0 Å². The second-order valence-corrected chi connectivity index (χ2v) is 8.23. The van der Waals surface area contributed by atoms with Crippen LogP contribution in [-0.4, -0.2) is 64.8 Å². The van der Waals surface area contributed by atoms with Crippen LogP contribution in [0.4, 0.5) is 5.82 Å². The minimum atomic E-state index is 0.623. The molecule has 0 aliphatic heterocycles. The van der Waals surface area contributed by atoms with E-state index in [0.29, 0.717) is 13.2 Å². The van der Waals surface area contributed by atoms with Gasteiger partial charge in [0.1, 0.15) is 30.1 Å². The van der Waals surface area contributed by atoms with E-state index in [0.717, 1.165) is 51.8 Å². The fourth-order valence-electron chi connectivity index (χ4n) is 3.54. The third-order valence-electron chi connectivity index (χ3n) is 5.43. The average Bonchev–Trinajstić information content (AvgIpc) is 3.30. The molecule has 4 aromatic rings. The monoisotopic (exact) mass is 470 g/mol. The summed E-state index contributed by atoms with van der Waals surface area (Å²) in [6.45, 7) is 2.10. The summed E-state index contributed by atoms with van der Waals surface area (Å²) in [5.74, 6) is 1.53. The Balaban J connectivity index is 1.44. The lowest BCUT2D eigenvalue weighted by Gasteiger charge is -2.11. The van der Waals surface area contributed by atoms with E-state index in [2.05, 4.69) is 42.3 Å². The number of likely N-dealkylation sites (N-methyl/N-ethyl adjacent to an activating group) is 1. The molecule has 0 fully saturated rings. The number of hydrogen-bond donors (Lipinski definition) is 2. The summed E-state index contributed by atoms with van der Waals surface area (Å²) in [6.07, 6.45) is 8.62. The maximum Gasteiger partial charge on any atom is 0.140 e. The van der Waals surface area contributed by atoms with Crippen molar-refractivity contribution < 1.29 is 4.74 Å². The van der Waals surface area contributed by atoms with Gasteiger partial charge < -0.3 is 20.7 Å². The molecule has 0 saturated heterocycles. The molecule has 1 aromatic carbocycles. The third kappa shape index (κ3) is 6.01. The molecule has 4 rings (SSSR count). The maximum atomic E-state index is 5.83. The van der Waals surface area contributed by atoms with Gasteiger partial charge in [-0.25, -0.2) is 15.0 Å². The molecular formula is C26H30N8O. The van der Waals surface area contributed by atoms with Crippen molar-refractivity contribution in [3.63, 3.8) is 0 Å². The van der Waals surface area contributed by atoms with E-state index < -0.39 is 0 Å². The highest BCUT2D eigenvalue weighted by atomic mass is 16.5. The number of nitrogens with zero attached hydrogens (tertiary/aromatic N) is 6. The number of hydrogen-bond acceptors (Lipinski definition) is 8. The molecule has 0 bridgehead atoms. The summed E-state index contributed by atoms with van der Waals surface area (Å²) in [5, 5.41) is 3.37. The van der Waals surface area contributed by atoms with Gasteiger partial charge in [-0.05, 0) is 31.3 Å². The number of aliphatic imine (C=N–C) groups is 1. The van der Waals surface area contributed by atoms with Crippen LogP contribution in [0.1, 0.15) is 11.1 Å². The molecule has 3 N–H and O–H groups in total. The van der Waals surface area contributed by atoms with Gasteiger partial charge in [0, 0.05) is 56.5 Å². The van der Waals surface area contributed by atoms with E-state index in [1.165, 1.54) is 0 Å². The summed E-state index contributed by atoms with van der Waals surface area (Å²) >= 11 is 0. The first-order valence-corrected chi connectivity index (χ1v) is 11.3. The molecule has 3 heterocycles. The number of benzene rings is 1. The molecule has 0 unspecified atom stereocenters. The van der Waals surface area contributed by atoms with Crippen molar-refractivity contribution in [3.8, 4) is 17.1 Å². The Labute approximate surface area is 205 Å². The molecule has 9 nitrogen and oxygen atoms in total. The highest BCUT2D eigenvalue weighted by Crippen LogP contribution is 2.23. The predicted molar refractivity (Wildman–Crippen MR) is 141 cm³/mol. The molecule has 35 heavy (non-hydrogen) atoms. The van der Waals surface area contributed by atoms with E-state index in [1.54, 1.807) is 25.8 Å². The number of pyridine rings is 1. The molecule has 0 aliphatic rings. The molecule has 0 spiro atoms. The first-order chi connectivity index (χ1) is 17.1. The maximum absolute atomic E-state index is 5.83. The number of ether oxygens (including phenoxy) is 1.